The number of amides is 3. The Balaban J connectivity index is 1.69. The van der Waals surface area contributed by atoms with E-state index < -0.39 is 17.9 Å². The van der Waals surface area contributed by atoms with Crippen LogP contribution in [0.4, 0.5) is 5.69 Å². The average Bonchev–Trinajstić information content (AvgIpc) is 3.17. The van der Waals surface area contributed by atoms with Crippen LogP contribution in [0, 0.1) is 6.92 Å². The van der Waals surface area contributed by atoms with Gasteiger partial charge in [0.05, 0.1) is 25.9 Å². The molecule has 11 heteroatoms. The third kappa shape index (κ3) is 9.94. The number of nitrogens with zero attached hydrogens (tertiary/aromatic N) is 1. The molecule has 3 amide bonds. The number of thiophene rings is 1. The van der Waals surface area contributed by atoms with Gasteiger partial charge in [-0.3, -0.25) is 14.4 Å². The Bertz CT molecular complexity index is 1160. The Labute approximate surface area is 246 Å². The monoisotopic (exact) mass is 586 g/mol. The fourth-order valence-electron chi connectivity index (χ4n) is 5.25. The summed E-state index contributed by atoms with van der Waals surface area (Å²) in [7, 11) is 1.29. The second-order valence-corrected chi connectivity index (χ2v) is 11.7. The van der Waals surface area contributed by atoms with Crippen LogP contribution in [0.1, 0.15) is 65.7 Å². The summed E-state index contributed by atoms with van der Waals surface area (Å²) < 4.78 is 5.25. The van der Waals surface area contributed by atoms with Crippen LogP contribution in [0.25, 0.3) is 0 Å². The number of likely N-dealkylation sites (tertiary alicyclic amines) is 1. The van der Waals surface area contributed by atoms with Crippen molar-refractivity contribution in [2.75, 3.05) is 45.2 Å². The number of quaternary nitrogens is 1. The summed E-state index contributed by atoms with van der Waals surface area (Å²) in [5.41, 5.74) is 7.78. The van der Waals surface area contributed by atoms with Crippen LogP contribution in [0.15, 0.2) is 35.7 Å². The number of esters is 1. The van der Waals surface area contributed by atoms with Crippen molar-refractivity contribution in [2.45, 2.75) is 64.5 Å². The van der Waals surface area contributed by atoms with E-state index in [2.05, 4.69) is 16.0 Å². The van der Waals surface area contributed by atoms with E-state index in [0.717, 1.165) is 56.3 Å². The second kappa shape index (κ2) is 16.2. The molecule has 224 valence electrons. The summed E-state index contributed by atoms with van der Waals surface area (Å²) in [6, 6.07) is 8.95. The first-order valence-electron chi connectivity index (χ1n) is 14.4. The molecule has 2 heterocycles. The number of aryl methyl sites for hydroxylation is 1. The molecule has 1 aromatic carbocycles. The molecule has 0 aliphatic carbocycles. The topological polar surface area (TPSA) is 140 Å². The fourth-order valence-corrected chi connectivity index (χ4v) is 6.16. The average molecular weight is 587 g/mol. The molecule has 2 aromatic rings. The van der Waals surface area contributed by atoms with Crippen LogP contribution >= 0.6 is 11.3 Å². The molecule has 0 spiro atoms. The third-order valence-electron chi connectivity index (χ3n) is 7.49. The number of carbonyl (C=O) groups is 4. The molecule has 0 saturated carbocycles. The minimum atomic E-state index is -0.801. The van der Waals surface area contributed by atoms with Gasteiger partial charge in [0.25, 0.3) is 17.7 Å². The summed E-state index contributed by atoms with van der Waals surface area (Å²) in [6.07, 6.45) is 5.86. The Hall–Kier alpha value is -3.28. The molecule has 5 N–H and O–H groups in total. The van der Waals surface area contributed by atoms with Crippen LogP contribution in [0.2, 0.25) is 0 Å². The smallest absolute Gasteiger partial charge is 0.328 e. The normalized spacial score (nSPS) is 15.3. The first kappa shape index (κ1) is 32.2. The van der Waals surface area contributed by atoms with Crippen LogP contribution in [-0.2, 0) is 25.7 Å². The predicted molar refractivity (Wildman–Crippen MR) is 160 cm³/mol. The van der Waals surface area contributed by atoms with Gasteiger partial charge in [-0.25, -0.2) is 4.79 Å². The van der Waals surface area contributed by atoms with Crippen molar-refractivity contribution in [1.29, 1.82) is 0 Å². The number of ether oxygens (including phenoxy) is 1. The van der Waals surface area contributed by atoms with Gasteiger partial charge in [-0.05, 0) is 74.9 Å². The summed E-state index contributed by atoms with van der Waals surface area (Å²) in [4.78, 5) is 52.3. The van der Waals surface area contributed by atoms with Crippen LogP contribution in [0.5, 0.6) is 0 Å². The quantitative estimate of drug-likeness (QED) is 0.152. The highest BCUT2D eigenvalue weighted by Gasteiger charge is 2.35. The van der Waals surface area contributed by atoms with Crippen LogP contribution in [-0.4, -0.2) is 74.0 Å². The summed E-state index contributed by atoms with van der Waals surface area (Å²) >= 11 is 1.21. The van der Waals surface area contributed by atoms with Gasteiger partial charge in [0.15, 0.2) is 13.1 Å². The van der Waals surface area contributed by atoms with E-state index >= 15 is 0 Å². The standard InChI is InChI=1S/C30H43N5O5S/c1-22-21-41-28(29(38)33-24(30(39)40-2)14-8-9-15-31)27(22)34-26(37)20-35(16-10-3-4-11-17-35)19-25(36)32-18-23-12-6-5-7-13-23/h5-7,12-13,21,24H,3-4,8-11,14-20,31H2,1-2H3,(H2-,32,33,34,36,37,38)/p+1/t24-/m0/s1. The molecule has 3 rings (SSSR count). The molecule has 10 nitrogen and oxygen atoms in total. The highest BCUT2D eigenvalue weighted by atomic mass is 32.1. The zero-order valence-corrected chi connectivity index (χ0v) is 25.0. The van der Waals surface area contributed by atoms with Gasteiger partial charge in [-0.1, -0.05) is 30.3 Å². The molecule has 1 saturated heterocycles. The van der Waals surface area contributed by atoms with Crippen LogP contribution < -0.4 is 21.7 Å². The molecular formula is C30H44N5O5S+. The van der Waals surface area contributed by atoms with Crippen molar-refractivity contribution in [3.63, 3.8) is 0 Å². The van der Waals surface area contributed by atoms with Crippen molar-refractivity contribution in [1.82, 2.24) is 10.6 Å². The zero-order chi connectivity index (χ0) is 29.7. The van der Waals surface area contributed by atoms with Crippen molar-refractivity contribution in [3.8, 4) is 0 Å². The van der Waals surface area contributed by atoms with Crippen molar-refractivity contribution < 1.29 is 28.4 Å². The number of methoxy groups -OCH3 is 1. The number of nitrogens with one attached hydrogen (secondary N) is 3. The van der Waals surface area contributed by atoms with E-state index in [1.807, 2.05) is 37.3 Å². The van der Waals surface area contributed by atoms with E-state index in [9.17, 15) is 19.2 Å². The van der Waals surface area contributed by atoms with Gasteiger partial charge in [0, 0.05) is 6.54 Å². The minimum Gasteiger partial charge on any atom is -0.467 e. The van der Waals surface area contributed by atoms with Gasteiger partial charge in [-0.2, -0.15) is 0 Å². The maximum Gasteiger partial charge on any atom is 0.328 e. The first-order valence-corrected chi connectivity index (χ1v) is 15.3. The molecule has 1 atom stereocenters. The van der Waals surface area contributed by atoms with Crippen LogP contribution in [0.3, 0.4) is 0 Å². The number of hydrogen-bond acceptors (Lipinski definition) is 7. The van der Waals surface area contributed by atoms with Crippen molar-refractivity contribution in [2.24, 2.45) is 5.73 Å². The molecule has 1 fully saturated rings. The Morgan fingerprint density at radius 3 is 2.34 bits per heavy atom. The number of unbranched alkanes of at least 4 members (excludes halogenated alkanes) is 1. The number of hydrogen-bond donors (Lipinski definition) is 4. The summed E-state index contributed by atoms with van der Waals surface area (Å²) in [5, 5.41) is 10.5. The lowest BCUT2D eigenvalue weighted by Crippen LogP contribution is -2.57. The minimum absolute atomic E-state index is 0.0844. The highest BCUT2D eigenvalue weighted by molar-refractivity contribution is 7.13. The SMILES string of the molecule is COC(=O)[C@H](CCCCN)NC(=O)c1scc(C)c1NC(=O)C[N+]1(CC(=O)NCc2ccccc2)CCCCCC1. The number of carbonyl (C=O) groups excluding carboxylic acids is 4. The van der Waals surface area contributed by atoms with Gasteiger partial charge in [0.2, 0.25) is 0 Å². The van der Waals surface area contributed by atoms with E-state index in [0.29, 0.717) is 41.0 Å². The lowest BCUT2D eigenvalue weighted by atomic mass is 10.1. The fraction of sp³-hybridized carbons (Fsp3) is 0.533. The largest absolute Gasteiger partial charge is 0.467 e. The van der Waals surface area contributed by atoms with Crippen molar-refractivity contribution >= 4 is 40.7 Å². The number of benzene rings is 1. The molecule has 41 heavy (non-hydrogen) atoms. The van der Waals surface area contributed by atoms with E-state index in [-0.39, 0.29) is 24.9 Å². The maximum absolute atomic E-state index is 13.5. The van der Waals surface area contributed by atoms with E-state index in [4.69, 9.17) is 10.5 Å². The lowest BCUT2D eigenvalue weighted by molar-refractivity contribution is -0.912. The molecule has 1 aliphatic rings. The maximum atomic E-state index is 13.5. The van der Waals surface area contributed by atoms with Gasteiger partial charge >= 0.3 is 5.97 Å². The number of nitrogens with two attached hydrogens (primary N) is 1. The molecule has 1 aromatic heterocycles. The molecular weight excluding hydrogens is 542 g/mol. The molecule has 0 unspecified atom stereocenters. The lowest BCUT2D eigenvalue weighted by Gasteiger charge is -2.36. The van der Waals surface area contributed by atoms with Crippen molar-refractivity contribution in [3.05, 3.63) is 51.7 Å². The third-order valence-corrected chi connectivity index (χ3v) is 8.59. The van der Waals surface area contributed by atoms with Gasteiger partial charge in [0.1, 0.15) is 10.9 Å². The second-order valence-electron chi connectivity index (χ2n) is 10.8. The van der Waals surface area contributed by atoms with E-state index in [1.165, 1.54) is 18.4 Å². The first-order chi connectivity index (χ1) is 19.8. The highest BCUT2D eigenvalue weighted by Crippen LogP contribution is 2.28. The summed E-state index contributed by atoms with van der Waals surface area (Å²) in [6.45, 7) is 4.61. The number of rotatable bonds is 14. The van der Waals surface area contributed by atoms with Gasteiger partial charge < -0.3 is 30.9 Å². The van der Waals surface area contributed by atoms with E-state index in [1.54, 1.807) is 5.38 Å². The predicted octanol–water partition coefficient (Wildman–Crippen LogP) is 3.10. The molecule has 1 aliphatic heterocycles. The van der Waals surface area contributed by atoms with Gasteiger partial charge in [-0.15, -0.1) is 11.3 Å². The molecule has 0 bridgehead atoms. The zero-order valence-electron chi connectivity index (χ0n) is 24.2. The Morgan fingerprint density at radius 1 is 1.00 bits per heavy atom. The molecule has 0 radical (unpaired) electrons. The Kier molecular flexibility index (Phi) is 12.8. The number of anilines is 1. The summed E-state index contributed by atoms with van der Waals surface area (Å²) in [5.74, 6) is -1.29. The Morgan fingerprint density at radius 2 is 1.68 bits per heavy atom.